The van der Waals surface area contributed by atoms with Gasteiger partial charge in [-0.1, -0.05) is 6.07 Å². The lowest BCUT2D eigenvalue weighted by atomic mass is 10.1. The van der Waals surface area contributed by atoms with Gasteiger partial charge in [-0.15, -0.1) is 0 Å². The number of fused-ring (bicyclic) bond motifs is 1. The largest absolute Gasteiger partial charge is 0.465 e. The molecule has 0 aromatic heterocycles. The Morgan fingerprint density at radius 3 is 2.52 bits per heavy atom. The maximum absolute atomic E-state index is 12.9. The first-order chi connectivity index (χ1) is 14.0. The molecule has 0 atom stereocenters. The number of methoxy groups -OCH3 is 1. The van der Waals surface area contributed by atoms with E-state index in [4.69, 9.17) is 9.47 Å². The number of nitrogens with one attached hydrogen (secondary N) is 1. The van der Waals surface area contributed by atoms with E-state index in [1.807, 2.05) is 0 Å². The van der Waals surface area contributed by atoms with Crippen LogP contribution in [0.15, 0.2) is 48.0 Å². The topological polar surface area (TPSA) is 111 Å². The molecule has 2 aliphatic rings. The van der Waals surface area contributed by atoms with Crippen LogP contribution in [0.5, 0.6) is 11.5 Å². The van der Waals surface area contributed by atoms with E-state index in [-0.39, 0.29) is 23.6 Å². The van der Waals surface area contributed by atoms with E-state index in [1.54, 1.807) is 18.2 Å². The van der Waals surface area contributed by atoms with Crippen molar-refractivity contribution in [1.82, 2.24) is 5.32 Å². The normalized spacial score (nSPS) is 16.8. The number of barbiturate groups is 1. The van der Waals surface area contributed by atoms with Crippen LogP contribution in [0.1, 0.15) is 15.9 Å². The van der Waals surface area contributed by atoms with Crippen LogP contribution in [0.3, 0.4) is 0 Å². The van der Waals surface area contributed by atoms with Crippen LogP contribution in [0.25, 0.3) is 6.08 Å². The van der Waals surface area contributed by atoms with E-state index in [2.05, 4.69) is 10.1 Å². The van der Waals surface area contributed by atoms with E-state index in [1.165, 1.54) is 37.5 Å². The molecular formula is C20H14N2O7. The fourth-order valence-electron chi connectivity index (χ4n) is 2.93. The molecule has 0 bridgehead atoms. The third-order valence-corrected chi connectivity index (χ3v) is 4.36. The van der Waals surface area contributed by atoms with E-state index < -0.39 is 23.8 Å². The quantitative estimate of drug-likeness (QED) is 0.481. The summed E-state index contributed by atoms with van der Waals surface area (Å²) in [6.07, 6.45) is 1.36. The highest BCUT2D eigenvalue weighted by Gasteiger charge is 2.37. The second kappa shape index (κ2) is 7.12. The maximum atomic E-state index is 12.9. The molecule has 1 N–H and O–H groups in total. The molecule has 2 heterocycles. The van der Waals surface area contributed by atoms with Crippen molar-refractivity contribution in [3.63, 3.8) is 0 Å². The van der Waals surface area contributed by atoms with Crippen LogP contribution in [0.2, 0.25) is 0 Å². The summed E-state index contributed by atoms with van der Waals surface area (Å²) in [7, 11) is 1.25. The second-order valence-corrected chi connectivity index (χ2v) is 6.11. The van der Waals surface area contributed by atoms with Crippen molar-refractivity contribution in [2.45, 2.75) is 0 Å². The van der Waals surface area contributed by atoms with E-state index in [0.717, 1.165) is 4.90 Å². The number of carbonyl (C=O) groups is 4. The zero-order chi connectivity index (χ0) is 20.5. The van der Waals surface area contributed by atoms with Crippen LogP contribution in [0, 0.1) is 0 Å². The van der Waals surface area contributed by atoms with Crippen LogP contribution in [0.4, 0.5) is 10.5 Å². The van der Waals surface area contributed by atoms with Gasteiger partial charge in [0.25, 0.3) is 11.8 Å². The Morgan fingerprint density at radius 2 is 1.79 bits per heavy atom. The van der Waals surface area contributed by atoms with Gasteiger partial charge >= 0.3 is 12.0 Å². The summed E-state index contributed by atoms with van der Waals surface area (Å²) < 4.78 is 15.1. The third-order valence-electron chi connectivity index (χ3n) is 4.36. The summed E-state index contributed by atoms with van der Waals surface area (Å²) in [5.74, 6) is -1.09. The lowest BCUT2D eigenvalue weighted by Crippen LogP contribution is -2.54. The first kappa shape index (κ1) is 18.2. The highest BCUT2D eigenvalue weighted by Crippen LogP contribution is 2.33. The summed E-state index contributed by atoms with van der Waals surface area (Å²) in [6.45, 7) is 0.0959. The number of rotatable bonds is 3. The maximum Gasteiger partial charge on any atom is 0.337 e. The first-order valence-electron chi connectivity index (χ1n) is 8.47. The Morgan fingerprint density at radius 1 is 1.07 bits per heavy atom. The van der Waals surface area contributed by atoms with Crippen molar-refractivity contribution in [2.24, 2.45) is 0 Å². The van der Waals surface area contributed by atoms with Gasteiger partial charge in [0.2, 0.25) is 6.79 Å². The van der Waals surface area contributed by atoms with Gasteiger partial charge in [-0.25, -0.2) is 14.5 Å². The molecule has 4 amide bonds. The second-order valence-electron chi connectivity index (χ2n) is 6.11. The molecule has 146 valence electrons. The standard InChI is InChI=1S/C20H14N2O7/c1-27-19(25)12-3-5-13(6-4-12)22-18(24)14(17(23)21-20(22)26)8-11-2-7-15-16(9-11)29-10-28-15/h2-9H,10H2,1H3,(H,21,23,26)/b14-8+. The fourth-order valence-corrected chi connectivity index (χ4v) is 2.93. The Labute approximate surface area is 164 Å². The third kappa shape index (κ3) is 3.29. The Hall–Kier alpha value is -4.14. The molecule has 2 aromatic rings. The number of esters is 1. The number of amides is 4. The molecule has 2 aromatic carbocycles. The van der Waals surface area contributed by atoms with Gasteiger partial charge < -0.3 is 14.2 Å². The summed E-state index contributed by atoms with van der Waals surface area (Å²) in [4.78, 5) is 49.8. The predicted molar refractivity (Wildman–Crippen MR) is 99.3 cm³/mol. The van der Waals surface area contributed by atoms with Crippen LogP contribution >= 0.6 is 0 Å². The van der Waals surface area contributed by atoms with E-state index in [0.29, 0.717) is 17.1 Å². The number of hydrogen-bond acceptors (Lipinski definition) is 7. The monoisotopic (exact) mass is 394 g/mol. The Kier molecular flexibility index (Phi) is 4.47. The van der Waals surface area contributed by atoms with Crippen molar-refractivity contribution in [2.75, 3.05) is 18.8 Å². The molecule has 1 saturated heterocycles. The molecule has 9 nitrogen and oxygen atoms in total. The summed E-state index contributed by atoms with van der Waals surface area (Å²) >= 11 is 0. The molecular weight excluding hydrogens is 380 g/mol. The lowest BCUT2D eigenvalue weighted by Gasteiger charge is -2.26. The van der Waals surface area contributed by atoms with Gasteiger partial charge in [0.05, 0.1) is 18.4 Å². The summed E-state index contributed by atoms with van der Waals surface area (Å²) in [5, 5.41) is 2.14. The molecule has 0 saturated carbocycles. The van der Waals surface area contributed by atoms with Gasteiger partial charge in [0, 0.05) is 0 Å². The molecule has 0 radical (unpaired) electrons. The minimum absolute atomic E-state index is 0.0959. The number of urea groups is 1. The number of nitrogens with zero attached hydrogens (tertiary/aromatic N) is 1. The van der Waals surface area contributed by atoms with Crippen molar-refractivity contribution >= 4 is 35.6 Å². The van der Waals surface area contributed by atoms with Gasteiger partial charge in [0.1, 0.15) is 5.57 Å². The average Bonchev–Trinajstić information content (AvgIpc) is 3.19. The average molecular weight is 394 g/mol. The summed E-state index contributed by atoms with van der Waals surface area (Å²) in [5.41, 5.74) is 0.765. The van der Waals surface area contributed by atoms with Crippen molar-refractivity contribution < 1.29 is 33.4 Å². The number of imide groups is 2. The molecule has 29 heavy (non-hydrogen) atoms. The number of hydrogen-bond donors (Lipinski definition) is 1. The van der Waals surface area contributed by atoms with Crippen LogP contribution in [-0.4, -0.2) is 37.7 Å². The van der Waals surface area contributed by atoms with Gasteiger partial charge in [-0.2, -0.15) is 0 Å². The van der Waals surface area contributed by atoms with Crippen LogP contribution < -0.4 is 19.7 Å². The number of anilines is 1. The molecule has 2 aliphatic heterocycles. The highest BCUT2D eigenvalue weighted by atomic mass is 16.7. The molecule has 9 heteroatoms. The highest BCUT2D eigenvalue weighted by molar-refractivity contribution is 6.39. The fraction of sp³-hybridized carbons (Fsp3) is 0.100. The van der Waals surface area contributed by atoms with Crippen molar-refractivity contribution in [3.05, 3.63) is 59.2 Å². The number of carbonyl (C=O) groups excluding carboxylic acids is 4. The minimum atomic E-state index is -0.881. The smallest absolute Gasteiger partial charge is 0.337 e. The Bertz CT molecular complexity index is 1070. The van der Waals surface area contributed by atoms with Gasteiger partial charge in [0.15, 0.2) is 11.5 Å². The zero-order valence-electron chi connectivity index (χ0n) is 15.1. The SMILES string of the molecule is COC(=O)c1ccc(N2C(=O)NC(=O)/C(=C\c3ccc4c(c3)OCO4)C2=O)cc1. The van der Waals surface area contributed by atoms with E-state index in [9.17, 15) is 19.2 Å². The predicted octanol–water partition coefficient (Wildman–Crippen LogP) is 1.87. The minimum Gasteiger partial charge on any atom is -0.465 e. The number of ether oxygens (including phenoxy) is 3. The summed E-state index contributed by atoms with van der Waals surface area (Å²) in [6, 6.07) is 9.73. The first-order valence-corrected chi connectivity index (χ1v) is 8.47. The Balaban J connectivity index is 1.66. The molecule has 1 fully saturated rings. The van der Waals surface area contributed by atoms with Gasteiger partial charge in [-0.3, -0.25) is 14.9 Å². The van der Waals surface area contributed by atoms with Crippen LogP contribution in [-0.2, 0) is 14.3 Å². The molecule has 4 rings (SSSR count). The number of benzene rings is 2. The zero-order valence-corrected chi connectivity index (χ0v) is 15.1. The molecule has 0 unspecified atom stereocenters. The van der Waals surface area contributed by atoms with Gasteiger partial charge in [-0.05, 0) is 48.0 Å². The van der Waals surface area contributed by atoms with Crippen molar-refractivity contribution in [1.29, 1.82) is 0 Å². The van der Waals surface area contributed by atoms with Crippen molar-refractivity contribution in [3.8, 4) is 11.5 Å². The lowest BCUT2D eigenvalue weighted by molar-refractivity contribution is -0.122. The van der Waals surface area contributed by atoms with E-state index >= 15 is 0 Å². The molecule has 0 aliphatic carbocycles. The molecule has 0 spiro atoms.